The summed E-state index contributed by atoms with van der Waals surface area (Å²) in [4.78, 5) is 23.5. The Morgan fingerprint density at radius 2 is 0.971 bits per heavy atom. The van der Waals surface area contributed by atoms with E-state index in [2.05, 4.69) is 25.7 Å². The first-order valence-corrected chi connectivity index (χ1v) is 13.7. The van der Waals surface area contributed by atoms with Gasteiger partial charge in [-0.05, 0) is 51.4 Å². The van der Waals surface area contributed by atoms with Gasteiger partial charge in [0.25, 0.3) is 0 Å². The van der Waals surface area contributed by atoms with Crippen molar-refractivity contribution in [3.8, 4) is 0 Å². The minimum Gasteiger partial charge on any atom is -1.00 e. The van der Waals surface area contributed by atoms with E-state index in [9.17, 15) is 9.59 Å². The molecule has 0 spiro atoms. The zero-order chi connectivity index (χ0) is 23.5. The summed E-state index contributed by atoms with van der Waals surface area (Å²) in [5.41, 5.74) is 0. The Balaban J connectivity index is -0.00000160. The number of hydrogen-bond donors (Lipinski definition) is 0. The van der Waals surface area contributed by atoms with Crippen LogP contribution in [-0.2, 0) is 31.4 Å². The number of carbonyl (C=O) groups excluding carboxylic acids is 2. The molecule has 0 rings (SSSR count). The Morgan fingerprint density at radius 3 is 1.38 bits per heavy atom. The first-order valence-electron chi connectivity index (χ1n) is 13.7. The van der Waals surface area contributed by atoms with Crippen molar-refractivity contribution in [1.29, 1.82) is 0 Å². The molecule has 0 bridgehead atoms. The van der Waals surface area contributed by atoms with E-state index in [1.807, 2.05) is 6.08 Å². The smallest absolute Gasteiger partial charge is 1.00 e. The minimum atomic E-state index is -0.352. The quantitative estimate of drug-likeness (QED) is 0.0465. The summed E-state index contributed by atoms with van der Waals surface area (Å²) in [6.07, 6.45) is 31.1. The summed E-state index contributed by atoms with van der Waals surface area (Å²) >= 11 is 0. The van der Waals surface area contributed by atoms with E-state index in [-0.39, 0.29) is 60.0 Å². The van der Waals surface area contributed by atoms with E-state index in [1.165, 1.54) is 83.5 Å². The summed E-state index contributed by atoms with van der Waals surface area (Å²) < 4.78 is 4.93. The monoisotopic (exact) mass is 535 g/mol. The van der Waals surface area contributed by atoms with Crippen molar-refractivity contribution < 1.29 is 62.4 Å². The molecule has 0 aliphatic carbocycles. The number of rotatable bonds is 24. The Bertz CT molecular complexity index is 487. The second kappa shape index (κ2) is 33.1. The average molecular weight is 536 g/mol. The van der Waals surface area contributed by atoms with Gasteiger partial charge in [0.15, 0.2) is 0 Å². The number of esters is 2. The van der Waals surface area contributed by atoms with Gasteiger partial charge in [-0.15, -0.1) is 6.58 Å². The largest absolute Gasteiger partial charge is 1.00 e. The van der Waals surface area contributed by atoms with E-state index in [0.29, 0.717) is 12.8 Å². The normalized spacial score (nSPS) is 10.5. The molecule has 0 aromatic rings. The number of hydrogen-bond acceptors (Lipinski definition) is 3. The predicted molar refractivity (Wildman–Crippen MR) is 139 cm³/mol. The third kappa shape index (κ3) is 32.1. The van der Waals surface area contributed by atoms with Crippen LogP contribution in [0.25, 0.3) is 0 Å². The Labute approximate surface area is 246 Å². The van der Waals surface area contributed by atoms with Crippen LogP contribution in [0.4, 0.5) is 0 Å². The maximum Gasteiger partial charge on any atom is 1.00 e. The van der Waals surface area contributed by atoms with Crippen LogP contribution in [0, 0.1) is 0 Å². The Hall–Kier alpha value is 0.139. The zero-order valence-electron chi connectivity index (χ0n) is 23.5. The molecular formula is C29H53CuNaO3. The molecule has 5 heteroatoms. The molecule has 0 amide bonds. The van der Waals surface area contributed by atoms with Crippen LogP contribution in [0.15, 0.2) is 24.8 Å². The molecule has 0 fully saturated rings. The first kappa shape index (κ1) is 38.7. The van der Waals surface area contributed by atoms with Gasteiger partial charge in [0, 0.05) is 29.9 Å². The molecule has 0 saturated heterocycles. The summed E-state index contributed by atoms with van der Waals surface area (Å²) in [7, 11) is 0. The van der Waals surface area contributed by atoms with Gasteiger partial charge in [-0.1, -0.05) is 102 Å². The second-order valence-electron chi connectivity index (χ2n) is 9.13. The molecule has 0 aromatic carbocycles. The average Bonchev–Trinajstić information content (AvgIpc) is 2.78. The molecule has 0 heterocycles. The van der Waals surface area contributed by atoms with Crippen molar-refractivity contribution in [1.82, 2.24) is 0 Å². The minimum absolute atomic E-state index is 0. The van der Waals surface area contributed by atoms with E-state index in [4.69, 9.17) is 4.74 Å². The van der Waals surface area contributed by atoms with Crippen LogP contribution in [-0.4, -0.2) is 11.9 Å². The summed E-state index contributed by atoms with van der Waals surface area (Å²) in [6, 6.07) is 0. The predicted octanol–water partition coefficient (Wildman–Crippen LogP) is 6.51. The Morgan fingerprint density at radius 1 is 0.618 bits per heavy atom. The zero-order valence-corrected chi connectivity index (χ0v) is 25.5. The fourth-order valence-corrected chi connectivity index (χ4v) is 3.83. The van der Waals surface area contributed by atoms with Crippen LogP contribution in [0.3, 0.4) is 0 Å². The molecule has 0 aliphatic heterocycles. The number of unbranched alkanes of at least 4 members (excludes halogenated alkanes) is 17. The molecule has 0 aliphatic rings. The van der Waals surface area contributed by atoms with Crippen LogP contribution >= 0.6 is 0 Å². The maximum absolute atomic E-state index is 11.8. The number of ether oxygens (including phenoxy) is 1. The van der Waals surface area contributed by atoms with E-state index in [1.54, 1.807) is 0 Å². The summed E-state index contributed by atoms with van der Waals surface area (Å²) in [6.45, 7) is 5.99. The fraction of sp³-hybridized carbons (Fsp3) is 0.793. The maximum atomic E-state index is 11.8. The molecule has 0 saturated carbocycles. The van der Waals surface area contributed by atoms with E-state index >= 15 is 0 Å². The van der Waals surface area contributed by atoms with Crippen LogP contribution in [0.1, 0.15) is 150 Å². The third-order valence-corrected chi connectivity index (χ3v) is 5.91. The van der Waals surface area contributed by atoms with Crippen molar-refractivity contribution in [2.75, 3.05) is 0 Å². The van der Waals surface area contributed by atoms with Crippen molar-refractivity contribution >= 4 is 11.9 Å². The number of allylic oxidation sites excluding steroid dienone is 3. The molecular weight excluding hydrogens is 483 g/mol. The fourth-order valence-electron chi connectivity index (χ4n) is 3.83. The van der Waals surface area contributed by atoms with Crippen LogP contribution in [0.2, 0.25) is 0 Å². The SMILES string of the molecule is C=CCCCCCCCCC(=O)OC(=O)CCCCCCC/C=C\CCCCCCCC.[Cu].[H-].[Na+]. The third-order valence-electron chi connectivity index (χ3n) is 5.91. The molecule has 1 radical (unpaired) electrons. The summed E-state index contributed by atoms with van der Waals surface area (Å²) in [5, 5.41) is 0. The van der Waals surface area contributed by atoms with Gasteiger partial charge >= 0.3 is 41.5 Å². The van der Waals surface area contributed by atoms with E-state index < -0.39 is 0 Å². The Kier molecular flexibility index (Phi) is 37.7. The van der Waals surface area contributed by atoms with Crippen LogP contribution in [0.5, 0.6) is 0 Å². The molecule has 0 unspecified atom stereocenters. The molecule has 0 N–H and O–H groups in total. The van der Waals surface area contributed by atoms with Gasteiger partial charge in [-0.3, -0.25) is 9.59 Å². The van der Waals surface area contributed by atoms with Crippen molar-refractivity contribution in [2.24, 2.45) is 0 Å². The molecule has 199 valence electrons. The standard InChI is InChI=1S/C29H52O3.Cu.Na.H/c1-3-5-7-9-11-13-14-15-16-17-18-19-21-23-25-27-29(31)32-28(30)26-24-22-20-12-10-8-6-4-2;;;/h4,15-16H,2-3,5-14,17-27H2,1H3;;;/q;;+1;-1/b16-15-;;;. The van der Waals surface area contributed by atoms with Crippen molar-refractivity contribution in [2.45, 2.75) is 148 Å². The van der Waals surface area contributed by atoms with Crippen LogP contribution < -0.4 is 29.6 Å². The molecule has 34 heavy (non-hydrogen) atoms. The molecule has 0 aromatic heterocycles. The topological polar surface area (TPSA) is 43.4 Å². The van der Waals surface area contributed by atoms with Crippen molar-refractivity contribution in [3.63, 3.8) is 0 Å². The molecule has 3 nitrogen and oxygen atoms in total. The van der Waals surface area contributed by atoms with Gasteiger partial charge in [0.05, 0.1) is 0 Å². The van der Waals surface area contributed by atoms with Gasteiger partial charge in [0.1, 0.15) is 0 Å². The second-order valence-corrected chi connectivity index (χ2v) is 9.13. The first-order chi connectivity index (χ1) is 15.7. The van der Waals surface area contributed by atoms with E-state index in [0.717, 1.165) is 44.9 Å². The van der Waals surface area contributed by atoms with Crippen molar-refractivity contribution in [3.05, 3.63) is 24.8 Å². The summed E-state index contributed by atoms with van der Waals surface area (Å²) in [5.74, 6) is -0.702. The van der Waals surface area contributed by atoms with Gasteiger partial charge in [-0.2, -0.15) is 0 Å². The number of carbonyl (C=O) groups is 2. The van der Waals surface area contributed by atoms with Gasteiger partial charge in [-0.25, -0.2) is 0 Å². The molecule has 0 atom stereocenters. The van der Waals surface area contributed by atoms with Gasteiger partial charge < -0.3 is 6.16 Å². The van der Waals surface area contributed by atoms with Gasteiger partial charge in [0.2, 0.25) is 0 Å².